The smallest absolute Gasteiger partial charge is 0.246 e. The van der Waals surface area contributed by atoms with Crippen LogP contribution >= 0.6 is 0 Å². The van der Waals surface area contributed by atoms with E-state index in [-0.39, 0.29) is 16.8 Å². The van der Waals surface area contributed by atoms with Crippen molar-refractivity contribution in [2.45, 2.75) is 23.8 Å². The van der Waals surface area contributed by atoms with E-state index in [1.807, 2.05) is 0 Å². The van der Waals surface area contributed by atoms with E-state index >= 15 is 0 Å². The van der Waals surface area contributed by atoms with Crippen molar-refractivity contribution in [3.8, 4) is 0 Å². The predicted octanol–water partition coefficient (Wildman–Crippen LogP) is 0.463. The Kier molecular flexibility index (Phi) is 3.84. The monoisotopic (exact) mass is 271 g/mol. The summed E-state index contributed by atoms with van der Waals surface area (Å²) in [6, 6.07) is 3.01. The Morgan fingerprint density at radius 2 is 2.11 bits per heavy atom. The van der Waals surface area contributed by atoms with Gasteiger partial charge in [-0.25, -0.2) is 13.4 Å². The summed E-state index contributed by atoms with van der Waals surface area (Å²) in [7, 11) is -2.00. The fourth-order valence-electron chi connectivity index (χ4n) is 2.02. The highest BCUT2D eigenvalue weighted by Crippen LogP contribution is 2.24. The van der Waals surface area contributed by atoms with Crippen LogP contribution in [-0.4, -0.2) is 44.0 Å². The van der Waals surface area contributed by atoms with Gasteiger partial charge in [0.25, 0.3) is 0 Å². The lowest BCUT2D eigenvalue weighted by atomic mass is 10.1. The van der Waals surface area contributed by atoms with Crippen LogP contribution in [0.25, 0.3) is 0 Å². The van der Waals surface area contributed by atoms with Gasteiger partial charge in [0, 0.05) is 32.5 Å². The molecule has 0 unspecified atom stereocenters. The van der Waals surface area contributed by atoms with E-state index in [0.29, 0.717) is 26.1 Å². The summed E-state index contributed by atoms with van der Waals surface area (Å²) in [4.78, 5) is 3.89. The van der Waals surface area contributed by atoms with E-state index in [2.05, 4.69) is 4.98 Å². The van der Waals surface area contributed by atoms with Crippen LogP contribution in [0.3, 0.4) is 0 Å². The second-order valence-electron chi connectivity index (χ2n) is 4.25. The molecular formula is C11H17N3O3S. The molecule has 0 spiro atoms. The van der Waals surface area contributed by atoms with E-state index in [4.69, 9.17) is 10.5 Å². The van der Waals surface area contributed by atoms with Crippen molar-refractivity contribution in [1.29, 1.82) is 0 Å². The second-order valence-corrected chi connectivity index (χ2v) is 6.22. The third-order valence-electron chi connectivity index (χ3n) is 3.16. The molecule has 2 rings (SSSR count). The fourth-order valence-corrected chi connectivity index (χ4v) is 3.50. The highest BCUT2D eigenvalue weighted by Gasteiger charge is 2.30. The van der Waals surface area contributed by atoms with Gasteiger partial charge in [0.05, 0.1) is 0 Å². The van der Waals surface area contributed by atoms with Gasteiger partial charge in [0.15, 0.2) is 0 Å². The molecule has 1 saturated heterocycles. The standard InChI is InChI=1S/C11H17N3O3S/c1-14(9-4-7-17-8-5-9)18(15,16)10-3-2-6-13-11(10)12/h2-3,6,9H,4-5,7-8H2,1H3,(H2,12,13). The van der Waals surface area contributed by atoms with Gasteiger partial charge in [-0.15, -0.1) is 0 Å². The predicted molar refractivity (Wildman–Crippen MR) is 67.4 cm³/mol. The Balaban J connectivity index is 2.28. The Morgan fingerprint density at radius 3 is 2.72 bits per heavy atom. The molecule has 100 valence electrons. The number of hydrogen-bond donors (Lipinski definition) is 1. The molecule has 18 heavy (non-hydrogen) atoms. The Labute approximate surface area is 107 Å². The molecule has 2 heterocycles. The number of nitrogen functional groups attached to an aromatic ring is 1. The lowest BCUT2D eigenvalue weighted by Gasteiger charge is -2.30. The zero-order valence-electron chi connectivity index (χ0n) is 10.2. The fraction of sp³-hybridized carbons (Fsp3) is 0.545. The number of ether oxygens (including phenoxy) is 1. The van der Waals surface area contributed by atoms with Crippen LogP contribution in [0.15, 0.2) is 23.2 Å². The second kappa shape index (κ2) is 5.21. The highest BCUT2D eigenvalue weighted by atomic mass is 32.2. The first-order valence-corrected chi connectivity index (χ1v) is 7.24. The Morgan fingerprint density at radius 1 is 1.44 bits per heavy atom. The molecule has 1 aliphatic rings. The van der Waals surface area contributed by atoms with Crippen LogP contribution < -0.4 is 5.73 Å². The summed E-state index contributed by atoms with van der Waals surface area (Å²) in [5.41, 5.74) is 5.63. The first kappa shape index (κ1) is 13.3. The number of pyridine rings is 1. The van der Waals surface area contributed by atoms with Crippen molar-refractivity contribution >= 4 is 15.8 Å². The summed E-state index contributed by atoms with van der Waals surface area (Å²) in [6.45, 7) is 1.18. The number of aromatic nitrogens is 1. The number of sulfonamides is 1. The Hall–Kier alpha value is -1.18. The average Bonchev–Trinajstić information content (AvgIpc) is 2.39. The van der Waals surface area contributed by atoms with E-state index in [0.717, 1.165) is 0 Å². The van der Waals surface area contributed by atoms with Crippen LogP contribution in [0.2, 0.25) is 0 Å². The maximum atomic E-state index is 12.4. The van der Waals surface area contributed by atoms with Gasteiger partial charge < -0.3 is 10.5 Å². The van der Waals surface area contributed by atoms with Crippen molar-refractivity contribution in [3.05, 3.63) is 18.3 Å². The molecule has 1 aromatic rings. The van der Waals surface area contributed by atoms with Crippen molar-refractivity contribution in [1.82, 2.24) is 9.29 Å². The maximum absolute atomic E-state index is 12.4. The van der Waals surface area contributed by atoms with E-state index in [9.17, 15) is 8.42 Å². The van der Waals surface area contributed by atoms with Gasteiger partial charge in [-0.05, 0) is 25.0 Å². The van der Waals surface area contributed by atoms with Gasteiger partial charge in [0.2, 0.25) is 10.0 Å². The molecule has 1 aliphatic heterocycles. The van der Waals surface area contributed by atoms with Gasteiger partial charge in [-0.2, -0.15) is 4.31 Å². The lowest BCUT2D eigenvalue weighted by molar-refractivity contribution is 0.0632. The first-order chi connectivity index (χ1) is 8.53. The van der Waals surface area contributed by atoms with Crippen molar-refractivity contribution in [3.63, 3.8) is 0 Å². The van der Waals surface area contributed by atoms with Crippen LogP contribution in [-0.2, 0) is 14.8 Å². The van der Waals surface area contributed by atoms with Gasteiger partial charge >= 0.3 is 0 Å². The summed E-state index contributed by atoms with van der Waals surface area (Å²) < 4.78 is 31.4. The third kappa shape index (κ3) is 2.47. The first-order valence-electron chi connectivity index (χ1n) is 5.80. The summed E-state index contributed by atoms with van der Waals surface area (Å²) in [5, 5.41) is 0. The number of anilines is 1. The van der Waals surface area contributed by atoms with Crippen LogP contribution in [0.1, 0.15) is 12.8 Å². The molecule has 6 nitrogen and oxygen atoms in total. The van der Waals surface area contributed by atoms with Crippen LogP contribution in [0.5, 0.6) is 0 Å². The van der Waals surface area contributed by atoms with Crippen molar-refractivity contribution in [2.24, 2.45) is 0 Å². The number of nitrogens with zero attached hydrogens (tertiary/aromatic N) is 2. The van der Waals surface area contributed by atoms with Crippen LogP contribution in [0, 0.1) is 0 Å². The third-order valence-corrected chi connectivity index (χ3v) is 5.12. The largest absolute Gasteiger partial charge is 0.383 e. The molecule has 0 saturated carbocycles. The molecule has 0 aromatic carbocycles. The molecular weight excluding hydrogens is 254 g/mol. The SMILES string of the molecule is CN(C1CCOCC1)S(=O)(=O)c1cccnc1N. The molecule has 0 bridgehead atoms. The number of nitrogens with two attached hydrogens (primary N) is 1. The minimum absolute atomic E-state index is 0.0383. The molecule has 0 radical (unpaired) electrons. The molecule has 0 aliphatic carbocycles. The van der Waals surface area contributed by atoms with Crippen molar-refractivity contribution in [2.75, 3.05) is 26.0 Å². The van der Waals surface area contributed by atoms with E-state index in [1.165, 1.54) is 16.6 Å². The topological polar surface area (TPSA) is 85.5 Å². The van der Waals surface area contributed by atoms with Gasteiger partial charge in [-0.1, -0.05) is 0 Å². The number of rotatable bonds is 3. The normalized spacial score (nSPS) is 18.1. The molecule has 1 fully saturated rings. The van der Waals surface area contributed by atoms with Crippen LogP contribution in [0.4, 0.5) is 5.82 Å². The molecule has 0 amide bonds. The van der Waals surface area contributed by atoms with Crippen molar-refractivity contribution < 1.29 is 13.2 Å². The van der Waals surface area contributed by atoms with E-state index in [1.54, 1.807) is 13.1 Å². The lowest BCUT2D eigenvalue weighted by Crippen LogP contribution is -2.40. The molecule has 7 heteroatoms. The molecule has 1 aromatic heterocycles. The zero-order chi connectivity index (χ0) is 13.2. The van der Waals surface area contributed by atoms with E-state index < -0.39 is 10.0 Å². The zero-order valence-corrected chi connectivity index (χ0v) is 11.1. The summed E-state index contributed by atoms with van der Waals surface area (Å²) in [5.74, 6) is 0.0383. The van der Waals surface area contributed by atoms with Gasteiger partial charge in [0.1, 0.15) is 10.7 Å². The quantitative estimate of drug-likeness (QED) is 0.863. The number of hydrogen-bond acceptors (Lipinski definition) is 5. The Bertz CT molecular complexity index is 512. The molecule has 0 atom stereocenters. The highest BCUT2D eigenvalue weighted by molar-refractivity contribution is 7.89. The summed E-state index contributed by atoms with van der Waals surface area (Å²) >= 11 is 0. The maximum Gasteiger partial charge on any atom is 0.246 e. The minimum Gasteiger partial charge on any atom is -0.383 e. The summed E-state index contributed by atoms with van der Waals surface area (Å²) in [6.07, 6.45) is 2.88. The average molecular weight is 271 g/mol. The van der Waals surface area contributed by atoms with Gasteiger partial charge in [-0.3, -0.25) is 0 Å². The molecule has 2 N–H and O–H groups in total. The minimum atomic E-state index is -3.58.